The fraction of sp³-hybridized carbons (Fsp3) is 0.308. The van der Waals surface area contributed by atoms with Crippen LogP contribution in [0.2, 0.25) is 0 Å². The monoisotopic (exact) mass is 278 g/mol. The molecule has 1 aliphatic rings. The van der Waals surface area contributed by atoms with Crippen LogP contribution in [-0.2, 0) is 4.79 Å². The summed E-state index contributed by atoms with van der Waals surface area (Å²) in [5, 5.41) is 23.4. The van der Waals surface area contributed by atoms with Crippen LogP contribution in [-0.4, -0.2) is 40.6 Å². The van der Waals surface area contributed by atoms with Crippen LogP contribution in [0.1, 0.15) is 33.6 Å². The molecule has 0 saturated carbocycles. The summed E-state index contributed by atoms with van der Waals surface area (Å²) in [7, 11) is 0. The number of anilines is 1. The molecule has 1 fully saturated rings. The van der Waals surface area contributed by atoms with Crippen molar-refractivity contribution >= 4 is 23.5 Å². The Hall–Kier alpha value is -2.41. The molecule has 0 spiro atoms. The lowest BCUT2D eigenvalue weighted by Crippen LogP contribution is -2.35. The lowest BCUT2D eigenvalue weighted by atomic mass is 10.1. The van der Waals surface area contributed by atoms with Crippen LogP contribution in [0.4, 0.5) is 5.69 Å². The van der Waals surface area contributed by atoms with Crippen molar-refractivity contribution in [2.24, 2.45) is 0 Å². The molecule has 1 aromatic carbocycles. The third-order valence-electron chi connectivity index (χ3n) is 3.07. The van der Waals surface area contributed by atoms with Crippen LogP contribution in [0.15, 0.2) is 18.2 Å². The number of rotatable bonds is 4. The summed E-state index contributed by atoms with van der Waals surface area (Å²) in [5.41, 5.74) is -0.194. The Morgan fingerprint density at radius 1 is 1.10 bits per heavy atom. The number of amides is 1. The Morgan fingerprint density at radius 3 is 2.15 bits per heavy atom. The van der Waals surface area contributed by atoms with Crippen molar-refractivity contribution in [3.05, 3.63) is 29.3 Å². The first-order chi connectivity index (χ1) is 9.47. The van der Waals surface area contributed by atoms with E-state index in [1.165, 1.54) is 12.1 Å². The van der Waals surface area contributed by atoms with Gasteiger partial charge in [0, 0.05) is 5.69 Å². The maximum Gasteiger partial charge on any atom is 0.335 e. The number of benzene rings is 1. The van der Waals surface area contributed by atoms with Gasteiger partial charge in [-0.05, 0) is 37.6 Å². The molecule has 106 valence electrons. The lowest BCUT2D eigenvalue weighted by Gasteiger charge is -2.12. The van der Waals surface area contributed by atoms with Crippen molar-refractivity contribution in [3.63, 3.8) is 0 Å². The van der Waals surface area contributed by atoms with Gasteiger partial charge in [0.25, 0.3) is 0 Å². The van der Waals surface area contributed by atoms with Gasteiger partial charge < -0.3 is 20.8 Å². The van der Waals surface area contributed by atoms with E-state index in [2.05, 4.69) is 10.6 Å². The molecule has 20 heavy (non-hydrogen) atoms. The number of hydrogen-bond acceptors (Lipinski definition) is 4. The van der Waals surface area contributed by atoms with Crippen molar-refractivity contribution in [1.29, 1.82) is 0 Å². The molecule has 4 N–H and O–H groups in total. The Balaban J connectivity index is 2.23. The van der Waals surface area contributed by atoms with E-state index in [1.54, 1.807) is 0 Å². The molecule has 0 aliphatic carbocycles. The zero-order valence-electron chi connectivity index (χ0n) is 10.5. The van der Waals surface area contributed by atoms with Crippen molar-refractivity contribution in [3.8, 4) is 0 Å². The predicted molar refractivity (Wildman–Crippen MR) is 70.0 cm³/mol. The zero-order chi connectivity index (χ0) is 14.7. The van der Waals surface area contributed by atoms with Crippen molar-refractivity contribution in [2.75, 3.05) is 11.9 Å². The van der Waals surface area contributed by atoms with E-state index in [1.807, 2.05) is 0 Å². The second-order valence-corrected chi connectivity index (χ2v) is 4.55. The van der Waals surface area contributed by atoms with Crippen LogP contribution in [0.3, 0.4) is 0 Å². The summed E-state index contributed by atoms with van der Waals surface area (Å²) < 4.78 is 0. The minimum atomic E-state index is -1.25. The topological polar surface area (TPSA) is 116 Å². The van der Waals surface area contributed by atoms with E-state index in [-0.39, 0.29) is 28.8 Å². The molecular weight excluding hydrogens is 264 g/mol. The van der Waals surface area contributed by atoms with E-state index in [4.69, 9.17) is 10.2 Å². The number of carboxylic acids is 2. The molecule has 1 amide bonds. The Morgan fingerprint density at radius 2 is 1.70 bits per heavy atom. The van der Waals surface area contributed by atoms with Gasteiger partial charge >= 0.3 is 11.9 Å². The highest BCUT2D eigenvalue weighted by Crippen LogP contribution is 2.17. The summed E-state index contributed by atoms with van der Waals surface area (Å²) in [6.45, 7) is 0.758. The summed E-state index contributed by atoms with van der Waals surface area (Å²) in [4.78, 5) is 33.8. The quantitative estimate of drug-likeness (QED) is 0.646. The first-order valence-electron chi connectivity index (χ1n) is 6.13. The van der Waals surface area contributed by atoms with Crippen LogP contribution in [0.5, 0.6) is 0 Å². The fourth-order valence-electron chi connectivity index (χ4n) is 2.08. The van der Waals surface area contributed by atoms with Crippen molar-refractivity contribution in [1.82, 2.24) is 5.32 Å². The number of carboxylic acid groups (broad SMARTS) is 2. The van der Waals surface area contributed by atoms with Crippen LogP contribution < -0.4 is 10.6 Å². The summed E-state index contributed by atoms with van der Waals surface area (Å²) in [5.74, 6) is -2.79. The SMILES string of the molecule is O=C(O)c1cc(NC(=O)[C@H]2CCCN2)cc(C(=O)O)c1. The molecule has 0 radical (unpaired) electrons. The molecular formula is C13H14N2O5. The molecule has 1 heterocycles. The lowest BCUT2D eigenvalue weighted by molar-refractivity contribution is -0.117. The number of carbonyl (C=O) groups is 3. The van der Waals surface area contributed by atoms with E-state index >= 15 is 0 Å². The van der Waals surface area contributed by atoms with Gasteiger partial charge in [0.05, 0.1) is 17.2 Å². The summed E-state index contributed by atoms with van der Waals surface area (Å²) in [6, 6.07) is 3.20. The van der Waals surface area contributed by atoms with Crippen LogP contribution in [0.25, 0.3) is 0 Å². The second kappa shape index (κ2) is 5.70. The summed E-state index contributed by atoms with van der Waals surface area (Å²) in [6.07, 6.45) is 1.60. The zero-order valence-corrected chi connectivity index (χ0v) is 10.5. The van der Waals surface area contributed by atoms with Gasteiger partial charge in [-0.15, -0.1) is 0 Å². The molecule has 1 aliphatic heterocycles. The molecule has 7 nitrogen and oxygen atoms in total. The molecule has 1 aromatic rings. The largest absolute Gasteiger partial charge is 0.478 e. The van der Waals surface area contributed by atoms with Gasteiger partial charge in [0.1, 0.15) is 0 Å². The third kappa shape index (κ3) is 3.12. The maximum atomic E-state index is 11.9. The van der Waals surface area contributed by atoms with Gasteiger partial charge in [0.2, 0.25) is 5.91 Å². The third-order valence-corrected chi connectivity index (χ3v) is 3.07. The molecule has 0 unspecified atom stereocenters. The Labute approximate surface area is 114 Å². The van der Waals surface area contributed by atoms with E-state index in [0.29, 0.717) is 6.42 Å². The molecule has 0 bridgehead atoms. The smallest absolute Gasteiger partial charge is 0.335 e. The minimum Gasteiger partial charge on any atom is -0.478 e. The average Bonchev–Trinajstić information content (AvgIpc) is 2.92. The predicted octanol–water partition coefficient (Wildman–Crippen LogP) is 0.773. The number of hydrogen-bond donors (Lipinski definition) is 4. The standard InChI is InChI=1S/C13H14N2O5/c16-11(10-2-1-3-14-10)15-9-5-7(12(17)18)4-8(6-9)13(19)20/h4-6,10,14H,1-3H2,(H,15,16)(H,17,18)(H,19,20)/t10-/m1/s1. The van der Waals surface area contributed by atoms with Gasteiger partial charge in [-0.3, -0.25) is 4.79 Å². The molecule has 0 aromatic heterocycles. The molecule has 7 heteroatoms. The molecule has 1 atom stereocenters. The molecule has 1 saturated heterocycles. The summed E-state index contributed by atoms with van der Waals surface area (Å²) >= 11 is 0. The van der Waals surface area contributed by atoms with Gasteiger partial charge in [-0.2, -0.15) is 0 Å². The number of aromatic carboxylic acids is 2. The highest BCUT2D eigenvalue weighted by atomic mass is 16.4. The Bertz CT molecular complexity index is 532. The van der Waals surface area contributed by atoms with Crippen molar-refractivity contribution < 1.29 is 24.6 Å². The highest BCUT2D eigenvalue weighted by molar-refractivity contribution is 5.99. The normalized spacial score (nSPS) is 17.7. The molecule has 2 rings (SSSR count). The van der Waals surface area contributed by atoms with Crippen LogP contribution in [0, 0.1) is 0 Å². The fourth-order valence-corrected chi connectivity index (χ4v) is 2.08. The van der Waals surface area contributed by atoms with Gasteiger partial charge in [0.15, 0.2) is 0 Å². The number of carbonyl (C=O) groups excluding carboxylic acids is 1. The van der Waals surface area contributed by atoms with Gasteiger partial charge in [-0.25, -0.2) is 9.59 Å². The Kier molecular flexibility index (Phi) is 3.99. The van der Waals surface area contributed by atoms with Gasteiger partial charge in [-0.1, -0.05) is 0 Å². The first-order valence-corrected chi connectivity index (χ1v) is 6.13. The average molecular weight is 278 g/mol. The van der Waals surface area contributed by atoms with Crippen molar-refractivity contribution in [2.45, 2.75) is 18.9 Å². The number of nitrogens with one attached hydrogen (secondary N) is 2. The highest BCUT2D eigenvalue weighted by Gasteiger charge is 2.22. The van der Waals surface area contributed by atoms with E-state index in [9.17, 15) is 14.4 Å². The maximum absolute atomic E-state index is 11.9. The minimum absolute atomic E-state index is 0.168. The van der Waals surface area contributed by atoms with E-state index < -0.39 is 11.9 Å². The first kappa shape index (κ1) is 14.0. The van der Waals surface area contributed by atoms with E-state index in [0.717, 1.165) is 19.0 Å². The second-order valence-electron chi connectivity index (χ2n) is 4.55. The van der Waals surface area contributed by atoms with Crippen LogP contribution >= 0.6 is 0 Å².